The summed E-state index contributed by atoms with van der Waals surface area (Å²) in [6, 6.07) is 0. The van der Waals surface area contributed by atoms with Gasteiger partial charge in [0.15, 0.2) is 0 Å². The summed E-state index contributed by atoms with van der Waals surface area (Å²) in [6.07, 6.45) is 3.00. The Morgan fingerprint density at radius 1 is 1.07 bits per heavy atom. The minimum atomic E-state index is 0.177. The third-order valence-electron chi connectivity index (χ3n) is 2.36. The summed E-state index contributed by atoms with van der Waals surface area (Å²) in [5.41, 5.74) is 0. The highest BCUT2D eigenvalue weighted by molar-refractivity contribution is 5.75. The molecule has 1 N–H and O–H groups in total. The van der Waals surface area contributed by atoms with Gasteiger partial charge < -0.3 is 5.32 Å². The minimum Gasteiger partial charge on any atom is -0.359 e. The van der Waals surface area contributed by atoms with Crippen molar-refractivity contribution in [3.05, 3.63) is 0 Å². The first-order valence-electron chi connectivity index (χ1n) is 5.66. The lowest BCUT2D eigenvalue weighted by Crippen LogP contribution is -2.22. The number of hydrogen-bond acceptors (Lipinski definition) is 1. The van der Waals surface area contributed by atoms with E-state index >= 15 is 0 Å². The van der Waals surface area contributed by atoms with Crippen LogP contribution < -0.4 is 5.32 Å². The maximum absolute atomic E-state index is 11.3. The topological polar surface area (TPSA) is 29.1 Å². The third kappa shape index (κ3) is 6.93. The van der Waals surface area contributed by atoms with E-state index in [0.717, 1.165) is 12.8 Å². The van der Waals surface area contributed by atoms with Crippen molar-refractivity contribution in [1.82, 2.24) is 5.32 Å². The van der Waals surface area contributed by atoms with Gasteiger partial charge in [-0.05, 0) is 30.6 Å². The van der Waals surface area contributed by atoms with Gasteiger partial charge in [0.05, 0.1) is 0 Å². The number of nitrogens with one attached hydrogen (secondary N) is 1. The van der Waals surface area contributed by atoms with Crippen LogP contribution in [-0.2, 0) is 4.79 Å². The highest BCUT2D eigenvalue weighted by Gasteiger charge is 2.15. The summed E-state index contributed by atoms with van der Waals surface area (Å²) in [6.45, 7) is 8.88. The first kappa shape index (κ1) is 13.5. The second-order valence-corrected chi connectivity index (χ2v) is 5.00. The molecule has 84 valence electrons. The summed E-state index contributed by atoms with van der Waals surface area (Å²) in [5.74, 6) is 2.10. The lowest BCUT2D eigenvalue weighted by Gasteiger charge is -2.20. The molecule has 2 heteroatoms. The molecule has 0 saturated carbocycles. The highest BCUT2D eigenvalue weighted by Crippen LogP contribution is 2.22. The summed E-state index contributed by atoms with van der Waals surface area (Å²) in [4.78, 5) is 11.3. The number of hydrogen-bond donors (Lipinski definition) is 1. The van der Waals surface area contributed by atoms with E-state index in [0.29, 0.717) is 24.2 Å². The standard InChI is InChI=1S/C12H25NO/c1-9(2)6-11(7-10(3)4)8-12(14)13-5/h9-11H,6-8H2,1-5H3,(H,13,14). The van der Waals surface area contributed by atoms with E-state index in [1.54, 1.807) is 7.05 Å². The predicted octanol–water partition coefficient (Wildman–Crippen LogP) is 2.83. The van der Waals surface area contributed by atoms with Crippen LogP contribution in [-0.4, -0.2) is 13.0 Å². The maximum Gasteiger partial charge on any atom is 0.220 e. The molecule has 0 fully saturated rings. The fourth-order valence-corrected chi connectivity index (χ4v) is 1.96. The molecule has 0 atom stereocenters. The summed E-state index contributed by atoms with van der Waals surface area (Å²) < 4.78 is 0. The Morgan fingerprint density at radius 3 is 1.79 bits per heavy atom. The van der Waals surface area contributed by atoms with E-state index in [9.17, 15) is 4.79 Å². The van der Waals surface area contributed by atoms with E-state index in [2.05, 4.69) is 33.0 Å². The Labute approximate surface area is 88.5 Å². The van der Waals surface area contributed by atoms with Crippen molar-refractivity contribution >= 4 is 5.91 Å². The average molecular weight is 199 g/mol. The molecule has 0 aromatic rings. The lowest BCUT2D eigenvalue weighted by atomic mass is 9.87. The van der Waals surface area contributed by atoms with Gasteiger partial charge in [-0.2, -0.15) is 0 Å². The van der Waals surface area contributed by atoms with Gasteiger partial charge in [0.25, 0.3) is 0 Å². The zero-order valence-corrected chi connectivity index (χ0v) is 10.3. The normalized spacial score (nSPS) is 11.4. The Bertz CT molecular complexity index is 154. The summed E-state index contributed by atoms with van der Waals surface area (Å²) in [7, 11) is 1.71. The number of rotatable bonds is 6. The van der Waals surface area contributed by atoms with Crippen LogP contribution in [0.25, 0.3) is 0 Å². The zero-order chi connectivity index (χ0) is 11.1. The molecular formula is C12H25NO. The molecule has 0 saturated heterocycles. The smallest absolute Gasteiger partial charge is 0.220 e. The van der Waals surface area contributed by atoms with E-state index in [-0.39, 0.29) is 5.91 Å². The number of carbonyl (C=O) groups is 1. The van der Waals surface area contributed by atoms with Gasteiger partial charge in [0.2, 0.25) is 5.91 Å². The molecule has 0 aliphatic rings. The second-order valence-electron chi connectivity index (χ2n) is 5.00. The largest absolute Gasteiger partial charge is 0.359 e. The SMILES string of the molecule is CNC(=O)CC(CC(C)C)CC(C)C. The van der Waals surface area contributed by atoms with Gasteiger partial charge in [0, 0.05) is 13.5 Å². The highest BCUT2D eigenvalue weighted by atomic mass is 16.1. The van der Waals surface area contributed by atoms with Gasteiger partial charge in [-0.3, -0.25) is 4.79 Å². The van der Waals surface area contributed by atoms with Crippen molar-refractivity contribution in [1.29, 1.82) is 0 Å². The van der Waals surface area contributed by atoms with Crippen molar-refractivity contribution in [3.63, 3.8) is 0 Å². The summed E-state index contributed by atoms with van der Waals surface area (Å²) in [5, 5.41) is 2.70. The van der Waals surface area contributed by atoms with Crippen LogP contribution in [0, 0.1) is 17.8 Å². The van der Waals surface area contributed by atoms with Gasteiger partial charge in [0.1, 0.15) is 0 Å². The van der Waals surface area contributed by atoms with E-state index in [1.165, 1.54) is 0 Å². The van der Waals surface area contributed by atoms with Gasteiger partial charge in [-0.25, -0.2) is 0 Å². The Hall–Kier alpha value is -0.530. The van der Waals surface area contributed by atoms with E-state index in [4.69, 9.17) is 0 Å². The van der Waals surface area contributed by atoms with Gasteiger partial charge in [-0.1, -0.05) is 27.7 Å². The molecule has 14 heavy (non-hydrogen) atoms. The first-order chi connectivity index (χ1) is 6.45. The molecular weight excluding hydrogens is 174 g/mol. The molecule has 0 unspecified atom stereocenters. The van der Waals surface area contributed by atoms with Crippen molar-refractivity contribution < 1.29 is 4.79 Å². The van der Waals surface area contributed by atoms with Crippen LogP contribution >= 0.6 is 0 Å². The summed E-state index contributed by atoms with van der Waals surface area (Å²) >= 11 is 0. The second kappa shape index (κ2) is 6.86. The van der Waals surface area contributed by atoms with Crippen molar-refractivity contribution in [2.75, 3.05) is 7.05 Å². The quantitative estimate of drug-likeness (QED) is 0.700. The Balaban J connectivity index is 4.03. The van der Waals surface area contributed by atoms with E-state index in [1.807, 2.05) is 0 Å². The average Bonchev–Trinajstić information content (AvgIpc) is 2.01. The zero-order valence-electron chi connectivity index (χ0n) is 10.3. The lowest BCUT2D eigenvalue weighted by molar-refractivity contribution is -0.121. The van der Waals surface area contributed by atoms with Crippen LogP contribution in [0.4, 0.5) is 0 Å². The third-order valence-corrected chi connectivity index (χ3v) is 2.36. The predicted molar refractivity (Wildman–Crippen MR) is 61.1 cm³/mol. The van der Waals surface area contributed by atoms with Crippen molar-refractivity contribution in [3.8, 4) is 0 Å². The molecule has 0 heterocycles. The molecule has 0 aromatic carbocycles. The number of carbonyl (C=O) groups excluding carboxylic acids is 1. The fourth-order valence-electron chi connectivity index (χ4n) is 1.96. The van der Waals surface area contributed by atoms with Crippen LogP contribution in [0.2, 0.25) is 0 Å². The molecule has 0 aliphatic heterocycles. The molecule has 0 bridgehead atoms. The molecule has 0 radical (unpaired) electrons. The first-order valence-corrected chi connectivity index (χ1v) is 5.66. The molecule has 1 amide bonds. The van der Waals surface area contributed by atoms with Crippen LogP contribution in [0.3, 0.4) is 0 Å². The number of amides is 1. The molecule has 0 aliphatic carbocycles. The van der Waals surface area contributed by atoms with Crippen molar-refractivity contribution in [2.45, 2.75) is 47.0 Å². The van der Waals surface area contributed by atoms with Crippen molar-refractivity contribution in [2.24, 2.45) is 17.8 Å². The van der Waals surface area contributed by atoms with Crippen LogP contribution in [0.5, 0.6) is 0 Å². The molecule has 0 aromatic heterocycles. The monoisotopic (exact) mass is 199 g/mol. The molecule has 0 rings (SSSR count). The Kier molecular flexibility index (Phi) is 6.60. The fraction of sp³-hybridized carbons (Fsp3) is 0.917. The van der Waals surface area contributed by atoms with Gasteiger partial charge in [-0.15, -0.1) is 0 Å². The molecule has 0 spiro atoms. The van der Waals surface area contributed by atoms with Crippen LogP contribution in [0.1, 0.15) is 47.0 Å². The minimum absolute atomic E-state index is 0.177. The maximum atomic E-state index is 11.3. The molecule has 2 nitrogen and oxygen atoms in total. The van der Waals surface area contributed by atoms with Gasteiger partial charge >= 0.3 is 0 Å². The van der Waals surface area contributed by atoms with Crippen LogP contribution in [0.15, 0.2) is 0 Å². The Morgan fingerprint density at radius 2 is 1.50 bits per heavy atom. The van der Waals surface area contributed by atoms with E-state index < -0.39 is 0 Å².